The Morgan fingerprint density at radius 2 is 1.44 bits per heavy atom. The van der Waals surface area contributed by atoms with Crippen LogP contribution in [0.3, 0.4) is 0 Å². The van der Waals surface area contributed by atoms with Crippen LogP contribution < -0.4 is 0 Å². The minimum absolute atomic E-state index is 0.852. The standard InChI is InChI=1S/C16H14N2.C5H8N2/c1-3-7-14(8-4-1)13-18-12-11-17-16(18)15-9-5-2-6-10-15;1-5-6-3-4-7(5)2/h1-12H,13H2;3-4H,1-2H3. The Hall–Kier alpha value is -3.14. The van der Waals surface area contributed by atoms with Crippen LogP contribution in [-0.4, -0.2) is 19.1 Å². The number of imidazole rings is 2. The highest BCUT2D eigenvalue weighted by atomic mass is 15.1. The van der Waals surface area contributed by atoms with Crippen LogP contribution in [0, 0.1) is 6.92 Å². The van der Waals surface area contributed by atoms with Crippen molar-refractivity contribution >= 4 is 0 Å². The zero-order valence-electron chi connectivity index (χ0n) is 14.6. The molecule has 0 saturated carbocycles. The maximum Gasteiger partial charge on any atom is 0.140 e. The SMILES string of the molecule is Cc1nccn1C.c1ccc(Cn2ccnc2-c2ccccc2)cc1. The molecule has 0 aliphatic carbocycles. The van der Waals surface area contributed by atoms with Crippen molar-refractivity contribution in [1.29, 1.82) is 0 Å². The molecule has 126 valence electrons. The summed E-state index contributed by atoms with van der Waals surface area (Å²) >= 11 is 0. The zero-order valence-corrected chi connectivity index (χ0v) is 14.6. The highest BCUT2D eigenvalue weighted by Gasteiger charge is 2.05. The summed E-state index contributed by atoms with van der Waals surface area (Å²) in [5.74, 6) is 2.07. The smallest absolute Gasteiger partial charge is 0.140 e. The molecule has 0 unspecified atom stereocenters. The minimum Gasteiger partial charge on any atom is -0.338 e. The van der Waals surface area contributed by atoms with Gasteiger partial charge in [0.05, 0.1) is 0 Å². The van der Waals surface area contributed by atoms with Crippen LogP contribution in [0.25, 0.3) is 11.4 Å². The Morgan fingerprint density at radius 3 is 2.00 bits per heavy atom. The molecule has 25 heavy (non-hydrogen) atoms. The highest BCUT2D eigenvalue weighted by Crippen LogP contribution is 2.17. The van der Waals surface area contributed by atoms with Crippen LogP contribution in [0.2, 0.25) is 0 Å². The average Bonchev–Trinajstić information content (AvgIpc) is 3.26. The van der Waals surface area contributed by atoms with Gasteiger partial charge in [-0.15, -0.1) is 0 Å². The molecule has 4 nitrogen and oxygen atoms in total. The molecule has 4 heteroatoms. The van der Waals surface area contributed by atoms with Gasteiger partial charge in [-0.2, -0.15) is 0 Å². The summed E-state index contributed by atoms with van der Waals surface area (Å²) in [5.41, 5.74) is 2.44. The second-order valence-electron chi connectivity index (χ2n) is 5.82. The first-order valence-corrected chi connectivity index (χ1v) is 8.28. The Kier molecular flexibility index (Phi) is 5.42. The van der Waals surface area contributed by atoms with Gasteiger partial charge in [0, 0.05) is 43.9 Å². The average molecular weight is 330 g/mol. The summed E-state index contributed by atoms with van der Waals surface area (Å²) in [6.45, 7) is 2.82. The second kappa shape index (κ2) is 8.11. The fourth-order valence-corrected chi connectivity index (χ4v) is 2.50. The number of aromatic nitrogens is 4. The largest absolute Gasteiger partial charge is 0.338 e. The first kappa shape index (κ1) is 16.7. The molecule has 2 aromatic heterocycles. The van der Waals surface area contributed by atoms with E-state index in [9.17, 15) is 0 Å². The van der Waals surface area contributed by atoms with Gasteiger partial charge in [0.25, 0.3) is 0 Å². The number of rotatable bonds is 3. The van der Waals surface area contributed by atoms with Crippen molar-refractivity contribution in [3.8, 4) is 11.4 Å². The van der Waals surface area contributed by atoms with Crippen LogP contribution in [0.5, 0.6) is 0 Å². The van der Waals surface area contributed by atoms with Crippen LogP contribution >= 0.6 is 0 Å². The summed E-state index contributed by atoms with van der Waals surface area (Å²) in [4.78, 5) is 8.42. The third kappa shape index (κ3) is 4.44. The quantitative estimate of drug-likeness (QED) is 0.560. The van der Waals surface area contributed by atoms with Gasteiger partial charge in [0.1, 0.15) is 11.6 Å². The molecule has 0 aliphatic heterocycles. The molecule has 4 aromatic rings. The molecule has 0 atom stereocenters. The van der Waals surface area contributed by atoms with Gasteiger partial charge in [-0.05, 0) is 12.5 Å². The first-order chi connectivity index (χ1) is 12.2. The van der Waals surface area contributed by atoms with E-state index < -0.39 is 0 Å². The molecule has 0 aliphatic rings. The van der Waals surface area contributed by atoms with E-state index in [2.05, 4.69) is 50.9 Å². The summed E-state index contributed by atoms with van der Waals surface area (Å²) in [7, 11) is 1.97. The summed E-state index contributed by atoms with van der Waals surface area (Å²) in [6, 6.07) is 20.7. The summed E-state index contributed by atoms with van der Waals surface area (Å²) < 4.78 is 4.14. The predicted molar refractivity (Wildman–Crippen MR) is 101 cm³/mol. The molecule has 0 N–H and O–H groups in total. The van der Waals surface area contributed by atoms with Crippen molar-refractivity contribution in [3.63, 3.8) is 0 Å². The monoisotopic (exact) mass is 330 g/mol. The fraction of sp³-hybridized carbons (Fsp3) is 0.143. The van der Waals surface area contributed by atoms with E-state index >= 15 is 0 Å². The molecule has 0 amide bonds. The van der Waals surface area contributed by atoms with E-state index in [0.29, 0.717) is 0 Å². The Bertz CT molecular complexity index is 875. The van der Waals surface area contributed by atoms with Crippen LogP contribution in [-0.2, 0) is 13.6 Å². The van der Waals surface area contributed by atoms with E-state index in [0.717, 1.165) is 23.8 Å². The van der Waals surface area contributed by atoms with Crippen molar-refractivity contribution in [2.45, 2.75) is 13.5 Å². The van der Waals surface area contributed by atoms with Crippen molar-refractivity contribution in [3.05, 3.63) is 96.8 Å². The van der Waals surface area contributed by atoms with Crippen LogP contribution in [0.15, 0.2) is 85.5 Å². The number of hydrogen-bond acceptors (Lipinski definition) is 2. The third-order valence-electron chi connectivity index (χ3n) is 4.01. The van der Waals surface area contributed by atoms with Crippen molar-refractivity contribution in [1.82, 2.24) is 19.1 Å². The maximum absolute atomic E-state index is 4.45. The lowest BCUT2D eigenvalue weighted by Gasteiger charge is -2.07. The van der Waals surface area contributed by atoms with Crippen LogP contribution in [0.1, 0.15) is 11.4 Å². The number of benzene rings is 2. The topological polar surface area (TPSA) is 35.6 Å². The molecule has 0 radical (unpaired) electrons. The van der Waals surface area contributed by atoms with Gasteiger partial charge >= 0.3 is 0 Å². The van der Waals surface area contributed by atoms with Crippen LogP contribution in [0.4, 0.5) is 0 Å². The van der Waals surface area contributed by atoms with Gasteiger partial charge in [0.15, 0.2) is 0 Å². The first-order valence-electron chi connectivity index (χ1n) is 8.28. The van der Waals surface area contributed by atoms with Gasteiger partial charge in [-0.25, -0.2) is 9.97 Å². The molecule has 0 bridgehead atoms. The van der Waals surface area contributed by atoms with E-state index in [-0.39, 0.29) is 0 Å². The van der Waals surface area contributed by atoms with Gasteiger partial charge < -0.3 is 9.13 Å². The number of aryl methyl sites for hydroxylation is 2. The zero-order chi connectivity index (χ0) is 17.5. The normalized spacial score (nSPS) is 10.2. The molecule has 0 fully saturated rings. The van der Waals surface area contributed by atoms with Crippen molar-refractivity contribution in [2.24, 2.45) is 7.05 Å². The fourth-order valence-electron chi connectivity index (χ4n) is 2.50. The molecular weight excluding hydrogens is 308 g/mol. The van der Waals surface area contributed by atoms with E-state index in [1.54, 1.807) is 6.20 Å². The second-order valence-corrected chi connectivity index (χ2v) is 5.82. The molecular formula is C21H22N4. The van der Waals surface area contributed by atoms with E-state index in [1.165, 1.54) is 5.56 Å². The molecule has 2 heterocycles. The molecule has 0 spiro atoms. The van der Waals surface area contributed by atoms with Crippen molar-refractivity contribution < 1.29 is 0 Å². The molecule has 4 rings (SSSR count). The summed E-state index contributed by atoms with van der Waals surface area (Å²) in [6.07, 6.45) is 7.59. The number of hydrogen-bond donors (Lipinski definition) is 0. The van der Waals surface area contributed by atoms with Crippen molar-refractivity contribution in [2.75, 3.05) is 0 Å². The third-order valence-corrected chi connectivity index (χ3v) is 4.01. The minimum atomic E-state index is 0.852. The van der Waals surface area contributed by atoms with E-state index in [4.69, 9.17) is 0 Å². The number of nitrogens with zero attached hydrogens (tertiary/aromatic N) is 4. The summed E-state index contributed by atoms with van der Waals surface area (Å²) in [5, 5.41) is 0. The highest BCUT2D eigenvalue weighted by molar-refractivity contribution is 5.55. The lowest BCUT2D eigenvalue weighted by atomic mass is 10.2. The Balaban J connectivity index is 0.000000219. The predicted octanol–water partition coefficient (Wildman–Crippen LogP) is 4.33. The molecule has 0 saturated heterocycles. The van der Waals surface area contributed by atoms with Gasteiger partial charge in [0.2, 0.25) is 0 Å². The molecule has 2 aromatic carbocycles. The van der Waals surface area contributed by atoms with Gasteiger partial charge in [-0.3, -0.25) is 0 Å². The Morgan fingerprint density at radius 1 is 0.800 bits per heavy atom. The van der Waals surface area contributed by atoms with Gasteiger partial charge in [-0.1, -0.05) is 60.7 Å². The lowest BCUT2D eigenvalue weighted by molar-refractivity contribution is 0.807. The van der Waals surface area contributed by atoms with E-state index in [1.807, 2.05) is 61.4 Å². The Labute approximate surface area is 148 Å². The maximum atomic E-state index is 4.45. The lowest BCUT2D eigenvalue weighted by Crippen LogP contribution is -2.00.